The molecule has 0 spiro atoms. The van der Waals surface area contributed by atoms with Crippen molar-refractivity contribution in [1.29, 1.82) is 0 Å². The summed E-state index contributed by atoms with van der Waals surface area (Å²) in [6, 6.07) is 5.13. The fourth-order valence-electron chi connectivity index (χ4n) is 2.09. The van der Waals surface area contributed by atoms with E-state index >= 15 is 0 Å². The minimum atomic E-state index is -4.84. The largest absolute Gasteiger partial charge is 0.573 e. The summed E-state index contributed by atoms with van der Waals surface area (Å²) in [5.74, 6) is -1.35. The number of nitrogens with zero attached hydrogens (tertiary/aromatic N) is 2. The molecule has 0 aliphatic rings. The van der Waals surface area contributed by atoms with Gasteiger partial charge >= 0.3 is 6.36 Å². The van der Waals surface area contributed by atoms with E-state index in [-0.39, 0.29) is 11.6 Å². The monoisotopic (exact) mass is 313 g/mol. The topological polar surface area (TPSA) is 70.1 Å². The van der Waals surface area contributed by atoms with Crippen molar-refractivity contribution in [2.75, 3.05) is 0 Å². The predicted octanol–water partition coefficient (Wildman–Crippen LogP) is 3.13. The molecule has 0 saturated heterocycles. The van der Waals surface area contributed by atoms with Crippen LogP contribution in [0, 0.1) is 0 Å². The summed E-state index contributed by atoms with van der Waals surface area (Å²) in [6.07, 6.45) is -3.30. The molecule has 0 atom stereocenters. The normalized spacial score (nSPS) is 11.7. The zero-order valence-electron chi connectivity index (χ0n) is 11.9. The SMILES string of the molecule is CC(C)n1nccc1-c1ccc(OC(F)(F)F)cc1C(N)=O. The third kappa shape index (κ3) is 3.38. The summed E-state index contributed by atoms with van der Waals surface area (Å²) < 4.78 is 42.3. The van der Waals surface area contributed by atoms with Crippen molar-refractivity contribution in [2.24, 2.45) is 5.73 Å². The van der Waals surface area contributed by atoms with Crippen molar-refractivity contribution in [3.63, 3.8) is 0 Å². The Hall–Kier alpha value is -2.51. The zero-order valence-corrected chi connectivity index (χ0v) is 11.9. The molecular formula is C14H14F3N3O2. The highest BCUT2D eigenvalue weighted by atomic mass is 19.4. The van der Waals surface area contributed by atoms with Gasteiger partial charge < -0.3 is 10.5 Å². The molecule has 22 heavy (non-hydrogen) atoms. The number of nitrogens with two attached hydrogens (primary N) is 1. The van der Waals surface area contributed by atoms with Gasteiger partial charge in [-0.25, -0.2) is 0 Å². The van der Waals surface area contributed by atoms with Crippen molar-refractivity contribution in [3.05, 3.63) is 36.0 Å². The van der Waals surface area contributed by atoms with E-state index in [1.54, 1.807) is 16.9 Å². The maximum absolute atomic E-state index is 12.3. The van der Waals surface area contributed by atoms with Crippen LogP contribution in [0.15, 0.2) is 30.5 Å². The van der Waals surface area contributed by atoms with Gasteiger partial charge in [-0.05, 0) is 38.1 Å². The van der Waals surface area contributed by atoms with Gasteiger partial charge in [0.2, 0.25) is 5.91 Å². The number of rotatable bonds is 4. The van der Waals surface area contributed by atoms with Gasteiger partial charge in [0.05, 0.1) is 11.3 Å². The van der Waals surface area contributed by atoms with E-state index < -0.39 is 18.0 Å². The zero-order chi connectivity index (χ0) is 16.5. The molecule has 0 saturated carbocycles. The fraction of sp³-hybridized carbons (Fsp3) is 0.286. The Balaban J connectivity index is 2.52. The Kier molecular flexibility index (Phi) is 4.11. The average Bonchev–Trinajstić information content (AvgIpc) is 2.85. The number of alkyl halides is 3. The maximum atomic E-state index is 12.3. The standard InChI is InChI=1S/C14H14F3N3O2/c1-8(2)20-12(5-6-19-20)10-4-3-9(22-14(15,16)17)7-11(10)13(18)21/h3-8H,1-2H3,(H2,18,21). The van der Waals surface area contributed by atoms with E-state index in [4.69, 9.17) is 5.73 Å². The predicted molar refractivity (Wildman–Crippen MR) is 73.2 cm³/mol. The van der Waals surface area contributed by atoms with Crippen LogP contribution in [-0.2, 0) is 0 Å². The summed E-state index contributed by atoms with van der Waals surface area (Å²) in [7, 11) is 0. The minimum absolute atomic E-state index is 0.0110. The molecule has 1 aromatic heterocycles. The lowest BCUT2D eigenvalue weighted by Gasteiger charge is -2.15. The molecule has 2 rings (SSSR count). The molecule has 0 aliphatic heterocycles. The number of carbonyl (C=O) groups is 1. The first-order valence-electron chi connectivity index (χ1n) is 6.42. The van der Waals surface area contributed by atoms with Gasteiger partial charge in [0.25, 0.3) is 0 Å². The number of hydrogen-bond acceptors (Lipinski definition) is 3. The van der Waals surface area contributed by atoms with Crippen LogP contribution >= 0.6 is 0 Å². The molecule has 5 nitrogen and oxygen atoms in total. The van der Waals surface area contributed by atoms with Crippen molar-refractivity contribution >= 4 is 5.91 Å². The smallest absolute Gasteiger partial charge is 0.406 e. The number of carbonyl (C=O) groups excluding carboxylic acids is 1. The second kappa shape index (κ2) is 5.70. The average molecular weight is 313 g/mol. The molecule has 0 aliphatic carbocycles. The van der Waals surface area contributed by atoms with Gasteiger partial charge in [0.15, 0.2) is 0 Å². The molecule has 1 aromatic carbocycles. The highest BCUT2D eigenvalue weighted by molar-refractivity contribution is 5.99. The lowest BCUT2D eigenvalue weighted by molar-refractivity contribution is -0.274. The summed E-state index contributed by atoms with van der Waals surface area (Å²) >= 11 is 0. The quantitative estimate of drug-likeness (QED) is 0.942. The molecule has 8 heteroatoms. The number of hydrogen-bond donors (Lipinski definition) is 1. The van der Waals surface area contributed by atoms with Gasteiger partial charge in [-0.15, -0.1) is 13.2 Å². The number of ether oxygens (including phenoxy) is 1. The lowest BCUT2D eigenvalue weighted by Crippen LogP contribution is -2.19. The highest BCUT2D eigenvalue weighted by Crippen LogP contribution is 2.31. The molecular weight excluding hydrogens is 299 g/mol. The molecule has 0 fully saturated rings. The summed E-state index contributed by atoms with van der Waals surface area (Å²) in [4.78, 5) is 11.6. The number of halogens is 3. The summed E-state index contributed by atoms with van der Waals surface area (Å²) in [5.41, 5.74) is 6.19. The van der Waals surface area contributed by atoms with Crippen LogP contribution < -0.4 is 10.5 Å². The van der Waals surface area contributed by atoms with E-state index in [0.717, 1.165) is 12.1 Å². The van der Waals surface area contributed by atoms with E-state index in [1.807, 2.05) is 13.8 Å². The Morgan fingerprint density at radius 1 is 1.32 bits per heavy atom. The van der Waals surface area contributed by atoms with Crippen LogP contribution in [0.4, 0.5) is 13.2 Å². The molecule has 1 heterocycles. The Bertz CT molecular complexity index is 693. The molecule has 0 radical (unpaired) electrons. The van der Waals surface area contributed by atoms with Gasteiger partial charge in [-0.3, -0.25) is 9.48 Å². The third-order valence-corrected chi connectivity index (χ3v) is 2.93. The summed E-state index contributed by atoms with van der Waals surface area (Å²) in [5, 5.41) is 4.13. The first kappa shape index (κ1) is 15.9. The molecule has 0 bridgehead atoms. The minimum Gasteiger partial charge on any atom is -0.406 e. The lowest BCUT2D eigenvalue weighted by atomic mass is 10.0. The van der Waals surface area contributed by atoms with E-state index in [9.17, 15) is 18.0 Å². The van der Waals surface area contributed by atoms with Crippen LogP contribution in [0.3, 0.4) is 0 Å². The number of amides is 1. The first-order valence-corrected chi connectivity index (χ1v) is 6.42. The second-order valence-corrected chi connectivity index (χ2v) is 4.87. The Morgan fingerprint density at radius 2 is 2.00 bits per heavy atom. The van der Waals surface area contributed by atoms with Crippen LogP contribution in [0.1, 0.15) is 30.2 Å². The molecule has 118 valence electrons. The van der Waals surface area contributed by atoms with Crippen LogP contribution in [0.2, 0.25) is 0 Å². The summed E-state index contributed by atoms with van der Waals surface area (Å²) in [6.45, 7) is 3.78. The maximum Gasteiger partial charge on any atom is 0.573 e. The van der Waals surface area contributed by atoms with Gasteiger partial charge in [0, 0.05) is 17.8 Å². The van der Waals surface area contributed by atoms with Gasteiger partial charge in [-0.2, -0.15) is 5.10 Å². The van der Waals surface area contributed by atoms with E-state index in [1.165, 1.54) is 6.07 Å². The molecule has 2 N–H and O–H groups in total. The van der Waals surface area contributed by atoms with Gasteiger partial charge in [0.1, 0.15) is 5.75 Å². The van der Waals surface area contributed by atoms with Crippen molar-refractivity contribution in [2.45, 2.75) is 26.3 Å². The van der Waals surface area contributed by atoms with Gasteiger partial charge in [-0.1, -0.05) is 0 Å². The van der Waals surface area contributed by atoms with Crippen molar-refractivity contribution in [1.82, 2.24) is 9.78 Å². The number of primary amides is 1. The van der Waals surface area contributed by atoms with Crippen LogP contribution in [0.25, 0.3) is 11.3 Å². The first-order chi connectivity index (χ1) is 10.2. The van der Waals surface area contributed by atoms with E-state index in [2.05, 4.69) is 9.84 Å². The molecule has 2 aromatic rings. The van der Waals surface area contributed by atoms with E-state index in [0.29, 0.717) is 11.3 Å². The number of aromatic nitrogens is 2. The Morgan fingerprint density at radius 3 is 2.55 bits per heavy atom. The van der Waals surface area contributed by atoms with Crippen LogP contribution in [0.5, 0.6) is 5.75 Å². The second-order valence-electron chi connectivity index (χ2n) is 4.87. The number of benzene rings is 1. The highest BCUT2D eigenvalue weighted by Gasteiger charge is 2.31. The van der Waals surface area contributed by atoms with Crippen LogP contribution in [-0.4, -0.2) is 22.1 Å². The third-order valence-electron chi connectivity index (χ3n) is 2.93. The fourth-order valence-corrected chi connectivity index (χ4v) is 2.09. The molecule has 1 amide bonds. The van der Waals surface area contributed by atoms with Crippen molar-refractivity contribution < 1.29 is 22.7 Å². The Labute approximate surface area is 124 Å². The van der Waals surface area contributed by atoms with Crippen molar-refractivity contribution in [3.8, 4) is 17.0 Å². The molecule has 0 unspecified atom stereocenters.